The van der Waals surface area contributed by atoms with Crippen LogP contribution in [0.25, 0.3) is 0 Å². The predicted molar refractivity (Wildman–Crippen MR) is 39.8 cm³/mol. The molecule has 0 rings (SSSR count). The van der Waals surface area contributed by atoms with Gasteiger partial charge in [0, 0.05) is 5.92 Å². The lowest BCUT2D eigenvalue weighted by Gasteiger charge is -2.15. The van der Waals surface area contributed by atoms with Gasteiger partial charge in [0.15, 0.2) is 5.78 Å². The van der Waals surface area contributed by atoms with Crippen LogP contribution in [0, 0.1) is 5.92 Å². The molecular formula is C7H13ClO. The van der Waals surface area contributed by atoms with Gasteiger partial charge in [-0.15, -0.1) is 11.6 Å². The van der Waals surface area contributed by atoms with Crippen molar-refractivity contribution in [2.75, 3.05) is 0 Å². The maximum atomic E-state index is 11.0. The van der Waals surface area contributed by atoms with E-state index in [1.807, 2.05) is 13.8 Å². The first-order valence-electron chi connectivity index (χ1n) is 3.09. The monoisotopic (exact) mass is 148 g/mol. The molecule has 0 saturated heterocycles. The molecule has 2 heteroatoms. The summed E-state index contributed by atoms with van der Waals surface area (Å²) in [6.07, 6.45) is 0. The largest absolute Gasteiger partial charge is 0.297 e. The zero-order chi connectivity index (χ0) is 7.65. The zero-order valence-corrected chi connectivity index (χ0v) is 7.12. The van der Waals surface area contributed by atoms with Crippen LogP contribution in [0.3, 0.4) is 0 Å². The third-order valence-electron chi connectivity index (χ3n) is 1.11. The molecule has 0 radical (unpaired) electrons. The Bertz CT molecular complexity index is 111. The molecule has 0 aromatic rings. The van der Waals surface area contributed by atoms with E-state index in [2.05, 4.69) is 0 Å². The van der Waals surface area contributed by atoms with Crippen molar-refractivity contribution in [2.45, 2.75) is 32.6 Å². The van der Waals surface area contributed by atoms with Crippen LogP contribution in [0.15, 0.2) is 0 Å². The Balaban J connectivity index is 4.06. The molecule has 0 fully saturated rings. The van der Waals surface area contributed by atoms with E-state index in [-0.39, 0.29) is 11.7 Å². The number of carbonyl (C=O) groups excluding carboxylic acids is 1. The van der Waals surface area contributed by atoms with Gasteiger partial charge in [0.1, 0.15) is 0 Å². The second kappa shape index (κ2) is 2.70. The molecule has 0 aliphatic heterocycles. The van der Waals surface area contributed by atoms with Gasteiger partial charge in [-0.25, -0.2) is 0 Å². The highest BCUT2D eigenvalue weighted by atomic mass is 35.5. The smallest absolute Gasteiger partial charge is 0.155 e. The Morgan fingerprint density at radius 2 is 1.78 bits per heavy atom. The van der Waals surface area contributed by atoms with Gasteiger partial charge in [-0.1, -0.05) is 13.8 Å². The molecule has 0 atom stereocenters. The Kier molecular flexibility index (Phi) is 2.68. The van der Waals surface area contributed by atoms with Crippen molar-refractivity contribution < 1.29 is 4.79 Å². The quantitative estimate of drug-likeness (QED) is 0.549. The summed E-state index contributed by atoms with van der Waals surface area (Å²) in [6.45, 7) is 7.15. The van der Waals surface area contributed by atoms with Crippen LogP contribution in [0.2, 0.25) is 0 Å². The van der Waals surface area contributed by atoms with E-state index in [0.29, 0.717) is 0 Å². The summed E-state index contributed by atoms with van der Waals surface area (Å²) in [5.41, 5.74) is 0. The number of hydrogen-bond donors (Lipinski definition) is 0. The molecule has 0 saturated carbocycles. The number of Topliss-reactive ketones (excluding diaryl/α,β-unsaturated/α-hetero) is 1. The number of alkyl halides is 1. The van der Waals surface area contributed by atoms with Crippen molar-refractivity contribution in [3.63, 3.8) is 0 Å². The Morgan fingerprint density at radius 3 is 1.78 bits per heavy atom. The number of halogens is 1. The van der Waals surface area contributed by atoms with Crippen LogP contribution < -0.4 is 0 Å². The van der Waals surface area contributed by atoms with E-state index in [0.717, 1.165) is 0 Å². The fourth-order valence-electron chi connectivity index (χ4n) is 0.686. The maximum absolute atomic E-state index is 11.0. The Hall–Kier alpha value is -0.0400. The summed E-state index contributed by atoms with van der Waals surface area (Å²) in [4.78, 5) is 10.3. The minimum atomic E-state index is -0.686. The van der Waals surface area contributed by atoms with Crippen LogP contribution in [0.5, 0.6) is 0 Å². The normalized spacial score (nSPS) is 12.2. The van der Waals surface area contributed by atoms with Gasteiger partial charge >= 0.3 is 0 Å². The van der Waals surface area contributed by atoms with Crippen molar-refractivity contribution in [3.05, 3.63) is 0 Å². The minimum Gasteiger partial charge on any atom is -0.297 e. The summed E-state index contributed by atoms with van der Waals surface area (Å²) in [7, 11) is 0. The van der Waals surface area contributed by atoms with Gasteiger partial charge in [-0.3, -0.25) is 4.79 Å². The van der Waals surface area contributed by atoms with E-state index >= 15 is 0 Å². The Morgan fingerprint density at radius 1 is 1.44 bits per heavy atom. The molecule has 0 amide bonds. The number of ketones is 1. The van der Waals surface area contributed by atoms with Gasteiger partial charge in [0.05, 0.1) is 4.87 Å². The van der Waals surface area contributed by atoms with Crippen LogP contribution in [-0.4, -0.2) is 10.7 Å². The lowest BCUT2D eigenvalue weighted by molar-refractivity contribution is -0.123. The maximum Gasteiger partial charge on any atom is 0.155 e. The highest BCUT2D eigenvalue weighted by Gasteiger charge is 2.25. The van der Waals surface area contributed by atoms with E-state index < -0.39 is 4.87 Å². The third-order valence-corrected chi connectivity index (χ3v) is 1.30. The summed E-state index contributed by atoms with van der Waals surface area (Å²) in [5.74, 6) is 0.140. The Labute approximate surface area is 61.4 Å². The standard InChI is InChI=1S/C7H13ClO/c1-5(2)6(9)7(3,4)8/h5H,1-4H3. The molecule has 0 aliphatic carbocycles. The molecular weight excluding hydrogens is 136 g/mol. The molecule has 0 aromatic carbocycles. The SMILES string of the molecule is CC(C)C(=O)C(C)(C)Cl. The minimum absolute atomic E-state index is 0.0394. The summed E-state index contributed by atoms with van der Waals surface area (Å²) < 4.78 is 0. The van der Waals surface area contributed by atoms with Gasteiger partial charge in [-0.2, -0.15) is 0 Å². The first-order valence-corrected chi connectivity index (χ1v) is 3.46. The second-order valence-electron chi connectivity index (χ2n) is 2.99. The number of hydrogen-bond acceptors (Lipinski definition) is 1. The van der Waals surface area contributed by atoms with Crippen LogP contribution >= 0.6 is 11.6 Å². The average Bonchev–Trinajstić information content (AvgIpc) is 1.62. The third kappa shape index (κ3) is 2.85. The molecule has 0 bridgehead atoms. The van der Waals surface area contributed by atoms with Crippen molar-refractivity contribution in [1.29, 1.82) is 0 Å². The fraction of sp³-hybridized carbons (Fsp3) is 0.857. The van der Waals surface area contributed by atoms with E-state index in [1.165, 1.54) is 0 Å². The van der Waals surface area contributed by atoms with Crippen LogP contribution in [-0.2, 0) is 4.79 Å². The number of carbonyl (C=O) groups is 1. The zero-order valence-electron chi connectivity index (χ0n) is 6.36. The number of rotatable bonds is 2. The van der Waals surface area contributed by atoms with Crippen molar-refractivity contribution in [3.8, 4) is 0 Å². The lowest BCUT2D eigenvalue weighted by atomic mass is 9.98. The molecule has 9 heavy (non-hydrogen) atoms. The second-order valence-corrected chi connectivity index (χ2v) is 3.94. The summed E-state index contributed by atoms with van der Waals surface area (Å²) >= 11 is 5.73. The van der Waals surface area contributed by atoms with Gasteiger partial charge < -0.3 is 0 Å². The highest BCUT2D eigenvalue weighted by Crippen LogP contribution is 2.18. The molecule has 1 nitrogen and oxygen atoms in total. The van der Waals surface area contributed by atoms with E-state index in [4.69, 9.17) is 11.6 Å². The van der Waals surface area contributed by atoms with Gasteiger partial charge in [0.2, 0.25) is 0 Å². The molecule has 0 aliphatic rings. The molecule has 0 unspecified atom stereocenters. The topological polar surface area (TPSA) is 17.1 Å². The van der Waals surface area contributed by atoms with E-state index in [1.54, 1.807) is 13.8 Å². The van der Waals surface area contributed by atoms with Crippen molar-refractivity contribution in [1.82, 2.24) is 0 Å². The first-order chi connectivity index (χ1) is 3.85. The van der Waals surface area contributed by atoms with Crippen molar-refractivity contribution >= 4 is 17.4 Å². The molecule has 0 heterocycles. The van der Waals surface area contributed by atoms with Crippen LogP contribution in [0.1, 0.15) is 27.7 Å². The summed E-state index contributed by atoms with van der Waals surface area (Å²) in [6, 6.07) is 0. The highest BCUT2D eigenvalue weighted by molar-refractivity contribution is 6.34. The molecule has 0 spiro atoms. The first kappa shape index (κ1) is 8.96. The summed E-state index contributed by atoms with van der Waals surface area (Å²) in [5, 5.41) is 0. The molecule has 54 valence electrons. The molecule has 0 aromatic heterocycles. The lowest BCUT2D eigenvalue weighted by Crippen LogP contribution is -2.28. The molecule has 0 N–H and O–H groups in total. The average molecular weight is 149 g/mol. The van der Waals surface area contributed by atoms with Gasteiger partial charge in [-0.05, 0) is 13.8 Å². The van der Waals surface area contributed by atoms with Crippen LogP contribution in [0.4, 0.5) is 0 Å². The van der Waals surface area contributed by atoms with Gasteiger partial charge in [0.25, 0.3) is 0 Å². The van der Waals surface area contributed by atoms with E-state index in [9.17, 15) is 4.79 Å². The van der Waals surface area contributed by atoms with Crippen molar-refractivity contribution in [2.24, 2.45) is 5.92 Å². The predicted octanol–water partition coefficient (Wildman–Crippen LogP) is 2.23. The fourth-order valence-corrected chi connectivity index (χ4v) is 0.905.